The highest BCUT2D eigenvalue weighted by molar-refractivity contribution is 6.61. The highest BCUT2D eigenvalue weighted by atomic mass is 16.6. The van der Waals surface area contributed by atoms with Crippen molar-refractivity contribution in [2.75, 3.05) is 12.3 Å². The minimum atomic E-state index is -1.08. The van der Waals surface area contributed by atoms with E-state index in [1.165, 1.54) is 6.20 Å². The smallest absolute Gasteiger partial charge is 0.491 e. The lowest BCUT2D eigenvalue weighted by atomic mass is 9.77. The topological polar surface area (TPSA) is 108 Å². The molecule has 0 radical (unpaired) electrons. The van der Waals surface area contributed by atoms with Gasteiger partial charge in [-0.25, -0.2) is 4.68 Å². The lowest BCUT2D eigenvalue weighted by Gasteiger charge is -2.16. The van der Waals surface area contributed by atoms with Crippen LogP contribution < -0.4 is 15.9 Å². The van der Waals surface area contributed by atoms with Gasteiger partial charge in [0.15, 0.2) is 0 Å². The Balaban J connectivity index is 1.74. The lowest BCUT2D eigenvalue weighted by molar-refractivity contribution is 0.135. The van der Waals surface area contributed by atoms with E-state index < -0.39 is 7.12 Å². The predicted molar refractivity (Wildman–Crippen MR) is 110 cm³/mol. The third-order valence-corrected chi connectivity index (χ3v) is 4.96. The summed E-state index contributed by atoms with van der Waals surface area (Å²) in [6.45, 7) is 2.21. The van der Waals surface area contributed by atoms with Crippen LogP contribution in [-0.4, -0.2) is 44.8 Å². The zero-order valence-electron chi connectivity index (χ0n) is 15.7. The minimum absolute atomic E-state index is 0.229. The average Bonchev–Trinajstić information content (AvgIpc) is 3.22. The van der Waals surface area contributed by atoms with Gasteiger partial charge in [0, 0.05) is 34.9 Å². The molecular formula is C20H18BN5O3. The third-order valence-electron chi connectivity index (χ3n) is 4.96. The Morgan fingerprint density at radius 2 is 2.17 bits per heavy atom. The van der Waals surface area contributed by atoms with Gasteiger partial charge in [0.25, 0.3) is 0 Å². The van der Waals surface area contributed by atoms with Crippen molar-refractivity contribution in [2.24, 2.45) is 0 Å². The van der Waals surface area contributed by atoms with E-state index >= 15 is 0 Å². The summed E-state index contributed by atoms with van der Waals surface area (Å²) in [7, 11) is -1.08. The Bertz CT molecular complexity index is 1200. The Kier molecular flexibility index (Phi) is 4.19. The van der Waals surface area contributed by atoms with Crippen LogP contribution in [0.15, 0.2) is 55.0 Å². The normalized spacial score (nSPS) is 16.3. The molecule has 2 aromatic heterocycles. The average molecular weight is 387 g/mol. The SMILES string of the molecule is C[C@@H]1COc2cc(-n3cccn3)c(-c3ccc4c(N)cnnc4c3)cc2B(O)O1. The molecule has 0 saturated carbocycles. The van der Waals surface area contributed by atoms with Gasteiger partial charge >= 0.3 is 7.12 Å². The van der Waals surface area contributed by atoms with Crippen LogP contribution in [0.25, 0.3) is 27.7 Å². The van der Waals surface area contributed by atoms with E-state index in [1.807, 2.05) is 49.5 Å². The summed E-state index contributed by atoms with van der Waals surface area (Å²) in [6, 6.07) is 11.4. The molecule has 3 heterocycles. The maximum Gasteiger partial charge on any atom is 0.495 e. The van der Waals surface area contributed by atoms with Crippen LogP contribution in [0, 0.1) is 0 Å². The number of anilines is 1. The molecule has 2 aromatic carbocycles. The molecule has 0 amide bonds. The van der Waals surface area contributed by atoms with Crippen molar-refractivity contribution < 1.29 is 14.4 Å². The number of nitrogens with two attached hydrogens (primary N) is 1. The zero-order valence-corrected chi connectivity index (χ0v) is 15.7. The van der Waals surface area contributed by atoms with Crippen molar-refractivity contribution in [1.82, 2.24) is 20.0 Å². The first-order chi connectivity index (χ1) is 14.1. The Hall–Kier alpha value is -3.43. The van der Waals surface area contributed by atoms with Crippen LogP contribution >= 0.6 is 0 Å². The monoisotopic (exact) mass is 387 g/mol. The molecule has 1 atom stereocenters. The van der Waals surface area contributed by atoms with Crippen LogP contribution in [-0.2, 0) is 4.65 Å². The van der Waals surface area contributed by atoms with Gasteiger partial charge in [0.1, 0.15) is 12.4 Å². The van der Waals surface area contributed by atoms with Crippen molar-refractivity contribution in [3.05, 3.63) is 55.0 Å². The summed E-state index contributed by atoms with van der Waals surface area (Å²) in [5.41, 5.74) is 10.4. The molecule has 8 nitrogen and oxygen atoms in total. The molecule has 4 aromatic rings. The summed E-state index contributed by atoms with van der Waals surface area (Å²) in [5.74, 6) is 0.570. The second kappa shape index (κ2) is 6.87. The molecule has 5 rings (SSSR count). The van der Waals surface area contributed by atoms with E-state index in [0.29, 0.717) is 29.0 Å². The molecular weight excluding hydrogens is 369 g/mol. The van der Waals surface area contributed by atoms with E-state index in [2.05, 4.69) is 15.3 Å². The Labute approximate surface area is 167 Å². The van der Waals surface area contributed by atoms with Crippen LogP contribution in [0.2, 0.25) is 0 Å². The minimum Gasteiger partial charge on any atom is -0.491 e. The van der Waals surface area contributed by atoms with Gasteiger partial charge in [0.2, 0.25) is 0 Å². The van der Waals surface area contributed by atoms with Gasteiger partial charge in [-0.3, -0.25) is 0 Å². The zero-order chi connectivity index (χ0) is 20.0. The van der Waals surface area contributed by atoms with Crippen LogP contribution in [0.1, 0.15) is 6.92 Å². The van der Waals surface area contributed by atoms with Crippen molar-refractivity contribution >= 4 is 29.2 Å². The maximum absolute atomic E-state index is 10.5. The van der Waals surface area contributed by atoms with E-state index in [-0.39, 0.29) is 6.10 Å². The molecule has 0 fully saturated rings. The highest BCUT2D eigenvalue weighted by Crippen LogP contribution is 2.32. The van der Waals surface area contributed by atoms with Crippen molar-refractivity contribution in [3.63, 3.8) is 0 Å². The van der Waals surface area contributed by atoms with Crippen molar-refractivity contribution in [1.29, 1.82) is 0 Å². The van der Waals surface area contributed by atoms with Crippen LogP contribution in [0.4, 0.5) is 5.69 Å². The molecule has 0 unspecified atom stereocenters. The number of rotatable bonds is 2. The van der Waals surface area contributed by atoms with E-state index in [9.17, 15) is 5.02 Å². The molecule has 0 bridgehead atoms. The predicted octanol–water partition coefficient (Wildman–Crippen LogP) is 1.55. The first-order valence-corrected chi connectivity index (χ1v) is 9.26. The second-order valence-electron chi connectivity index (χ2n) is 7.00. The van der Waals surface area contributed by atoms with Crippen molar-refractivity contribution in [3.8, 4) is 22.6 Å². The molecule has 0 aliphatic carbocycles. The fraction of sp³-hybridized carbons (Fsp3) is 0.150. The Morgan fingerprint density at radius 1 is 1.28 bits per heavy atom. The number of aromatic nitrogens is 4. The molecule has 0 saturated heterocycles. The molecule has 144 valence electrons. The molecule has 1 aliphatic heterocycles. The van der Waals surface area contributed by atoms with Crippen LogP contribution in [0.3, 0.4) is 0 Å². The third kappa shape index (κ3) is 3.10. The van der Waals surface area contributed by atoms with E-state index in [1.54, 1.807) is 10.9 Å². The summed E-state index contributed by atoms with van der Waals surface area (Å²) in [5, 5.41) is 23.9. The molecule has 29 heavy (non-hydrogen) atoms. The first-order valence-electron chi connectivity index (χ1n) is 9.26. The van der Waals surface area contributed by atoms with Gasteiger partial charge in [-0.1, -0.05) is 6.07 Å². The van der Waals surface area contributed by atoms with Gasteiger partial charge < -0.3 is 20.1 Å². The summed E-state index contributed by atoms with van der Waals surface area (Å²) >= 11 is 0. The van der Waals surface area contributed by atoms with Crippen molar-refractivity contribution in [2.45, 2.75) is 13.0 Å². The maximum atomic E-state index is 10.5. The Morgan fingerprint density at radius 3 is 3.00 bits per heavy atom. The quantitative estimate of drug-likeness (QED) is 0.503. The van der Waals surface area contributed by atoms with E-state index in [4.69, 9.17) is 15.1 Å². The van der Waals surface area contributed by atoms with Gasteiger partial charge in [-0.15, -0.1) is 0 Å². The molecule has 9 heteroatoms. The van der Waals surface area contributed by atoms with Crippen LogP contribution in [0.5, 0.6) is 5.75 Å². The molecule has 3 N–H and O–H groups in total. The number of nitrogen functional groups attached to an aromatic ring is 1. The highest BCUT2D eigenvalue weighted by Gasteiger charge is 2.29. The fourth-order valence-electron chi connectivity index (χ4n) is 3.52. The number of fused-ring (bicyclic) bond motifs is 2. The van der Waals surface area contributed by atoms with Gasteiger partial charge in [-0.05, 0) is 36.8 Å². The number of ether oxygens (including phenoxy) is 1. The van der Waals surface area contributed by atoms with E-state index in [0.717, 1.165) is 22.2 Å². The molecule has 0 spiro atoms. The largest absolute Gasteiger partial charge is 0.495 e. The number of hydrogen-bond acceptors (Lipinski definition) is 7. The van der Waals surface area contributed by atoms with Gasteiger partial charge in [0.05, 0.1) is 29.2 Å². The number of hydrogen-bond donors (Lipinski definition) is 2. The molecule has 1 aliphatic rings. The summed E-state index contributed by atoms with van der Waals surface area (Å²) < 4.78 is 13.3. The lowest BCUT2D eigenvalue weighted by Crippen LogP contribution is -2.35. The fourth-order valence-corrected chi connectivity index (χ4v) is 3.52. The summed E-state index contributed by atoms with van der Waals surface area (Å²) in [4.78, 5) is 0. The number of nitrogens with zero attached hydrogens (tertiary/aromatic N) is 4. The summed E-state index contributed by atoms with van der Waals surface area (Å²) in [6.07, 6.45) is 4.87. The number of benzene rings is 2. The second-order valence-corrected chi connectivity index (χ2v) is 7.00. The standard InChI is InChI=1S/C20H18BN5O3/c1-12-11-28-20-9-19(26-6-2-5-24-26)15(8-16(20)21(27)29-12)13-3-4-14-17(22)10-23-25-18(14)7-13/h2-10,12,27H,11H2,1H3,(H2,22,25)/t12-/m1/s1. The van der Waals surface area contributed by atoms with Gasteiger partial charge in [-0.2, -0.15) is 15.3 Å². The first kappa shape index (κ1) is 17.7.